The van der Waals surface area contributed by atoms with E-state index in [1.165, 1.54) is 18.7 Å². The first-order valence-corrected chi connectivity index (χ1v) is 7.44. The van der Waals surface area contributed by atoms with E-state index in [2.05, 4.69) is 67.8 Å². The summed E-state index contributed by atoms with van der Waals surface area (Å²) in [7, 11) is 0. The summed E-state index contributed by atoms with van der Waals surface area (Å²) in [6.07, 6.45) is 3.96. The molecule has 0 saturated carbocycles. The van der Waals surface area contributed by atoms with Crippen molar-refractivity contribution in [3.8, 4) is 0 Å². The fourth-order valence-corrected chi connectivity index (χ4v) is 2.91. The van der Waals surface area contributed by atoms with Gasteiger partial charge < -0.3 is 4.57 Å². The molecule has 19 heavy (non-hydrogen) atoms. The second kappa shape index (κ2) is 5.47. The molecule has 1 aromatic heterocycles. The number of rotatable bonds is 4. The number of aromatic nitrogens is 2. The Morgan fingerprint density at radius 1 is 1.26 bits per heavy atom. The van der Waals surface area contributed by atoms with Gasteiger partial charge in [-0.2, -0.15) is 0 Å². The minimum absolute atomic E-state index is 0.767. The summed E-state index contributed by atoms with van der Waals surface area (Å²) in [6, 6.07) is 8.61. The first-order chi connectivity index (χ1) is 9.20. The zero-order valence-corrected chi connectivity index (χ0v) is 12.7. The third kappa shape index (κ3) is 3.07. The van der Waals surface area contributed by atoms with Crippen LogP contribution in [0.5, 0.6) is 0 Å². The van der Waals surface area contributed by atoms with Crippen LogP contribution in [0.3, 0.4) is 0 Å². The zero-order chi connectivity index (χ0) is 13.2. The lowest BCUT2D eigenvalue weighted by atomic mass is 9.99. The van der Waals surface area contributed by atoms with Gasteiger partial charge in [0.15, 0.2) is 0 Å². The monoisotopic (exact) mass is 319 g/mol. The molecule has 3 rings (SSSR count). The van der Waals surface area contributed by atoms with E-state index in [1.54, 1.807) is 0 Å². The van der Waals surface area contributed by atoms with E-state index < -0.39 is 0 Å². The van der Waals surface area contributed by atoms with Gasteiger partial charge in [0, 0.05) is 49.0 Å². The molecule has 2 aromatic rings. The fourth-order valence-electron chi connectivity index (χ4n) is 2.64. The third-order valence-corrected chi connectivity index (χ3v) is 4.26. The van der Waals surface area contributed by atoms with Crippen LogP contribution in [-0.2, 0) is 13.1 Å². The molecule has 2 heterocycles. The molecule has 4 heteroatoms. The van der Waals surface area contributed by atoms with Gasteiger partial charge in [0.1, 0.15) is 5.82 Å². The van der Waals surface area contributed by atoms with Crippen LogP contribution in [-0.4, -0.2) is 27.5 Å². The molecule has 3 nitrogen and oxygen atoms in total. The first-order valence-electron chi connectivity index (χ1n) is 6.65. The molecule has 1 aliphatic heterocycles. The van der Waals surface area contributed by atoms with Gasteiger partial charge in [0.2, 0.25) is 0 Å². The van der Waals surface area contributed by atoms with Crippen LogP contribution in [0.1, 0.15) is 11.4 Å². The van der Waals surface area contributed by atoms with Crippen LogP contribution < -0.4 is 0 Å². The molecular weight excluding hydrogens is 302 g/mol. The van der Waals surface area contributed by atoms with Crippen molar-refractivity contribution in [2.75, 3.05) is 13.1 Å². The van der Waals surface area contributed by atoms with Crippen LogP contribution in [0.4, 0.5) is 0 Å². The Bertz CT molecular complexity index is 541. The van der Waals surface area contributed by atoms with E-state index in [4.69, 9.17) is 0 Å². The van der Waals surface area contributed by atoms with Gasteiger partial charge in [0.25, 0.3) is 0 Å². The molecule has 0 spiro atoms. The van der Waals surface area contributed by atoms with Gasteiger partial charge in [-0.3, -0.25) is 4.90 Å². The number of benzene rings is 1. The second-order valence-electron chi connectivity index (χ2n) is 5.31. The van der Waals surface area contributed by atoms with Crippen molar-refractivity contribution in [3.63, 3.8) is 0 Å². The molecule has 0 atom stereocenters. The minimum Gasteiger partial charge on any atom is -0.335 e. The van der Waals surface area contributed by atoms with Gasteiger partial charge in [-0.15, -0.1) is 0 Å². The van der Waals surface area contributed by atoms with Crippen molar-refractivity contribution < 1.29 is 0 Å². The van der Waals surface area contributed by atoms with Gasteiger partial charge in [0.05, 0.1) is 0 Å². The Kier molecular flexibility index (Phi) is 3.71. The number of likely N-dealkylation sites (tertiary alicyclic amines) is 1. The zero-order valence-electron chi connectivity index (χ0n) is 11.1. The number of halogens is 1. The van der Waals surface area contributed by atoms with Crippen molar-refractivity contribution in [1.29, 1.82) is 0 Å². The highest BCUT2D eigenvalue weighted by atomic mass is 79.9. The maximum atomic E-state index is 4.27. The van der Waals surface area contributed by atoms with Crippen molar-refractivity contribution in [1.82, 2.24) is 14.5 Å². The average molecular weight is 320 g/mol. The van der Waals surface area contributed by atoms with Crippen LogP contribution >= 0.6 is 15.9 Å². The topological polar surface area (TPSA) is 21.1 Å². The van der Waals surface area contributed by atoms with Crippen molar-refractivity contribution >= 4 is 15.9 Å². The van der Waals surface area contributed by atoms with E-state index in [1.807, 2.05) is 6.20 Å². The van der Waals surface area contributed by atoms with E-state index in [0.717, 1.165) is 29.3 Å². The normalized spacial score (nSPS) is 16.5. The SMILES string of the molecule is Cc1nccn1CC1CN(Cc2ccc(Br)cc2)C1. The third-order valence-electron chi connectivity index (χ3n) is 3.73. The smallest absolute Gasteiger partial charge is 0.105 e. The second-order valence-corrected chi connectivity index (χ2v) is 6.23. The molecule has 100 valence electrons. The lowest BCUT2D eigenvalue weighted by Crippen LogP contribution is -2.47. The summed E-state index contributed by atoms with van der Waals surface area (Å²) < 4.78 is 3.40. The van der Waals surface area contributed by atoms with Crippen LogP contribution in [0.25, 0.3) is 0 Å². The quantitative estimate of drug-likeness (QED) is 0.863. The van der Waals surface area contributed by atoms with E-state index in [-0.39, 0.29) is 0 Å². The molecule has 0 aliphatic carbocycles. The van der Waals surface area contributed by atoms with Gasteiger partial charge in [-0.1, -0.05) is 28.1 Å². The average Bonchev–Trinajstić information content (AvgIpc) is 2.75. The van der Waals surface area contributed by atoms with Crippen LogP contribution in [0, 0.1) is 12.8 Å². The lowest BCUT2D eigenvalue weighted by molar-refractivity contribution is 0.0799. The highest BCUT2D eigenvalue weighted by molar-refractivity contribution is 9.10. The molecule has 1 saturated heterocycles. The Labute approximate surface area is 122 Å². The number of hydrogen-bond acceptors (Lipinski definition) is 2. The predicted octanol–water partition coefficient (Wildman–Crippen LogP) is 3.09. The van der Waals surface area contributed by atoms with Gasteiger partial charge >= 0.3 is 0 Å². The molecule has 1 fully saturated rings. The van der Waals surface area contributed by atoms with Crippen molar-refractivity contribution in [2.45, 2.75) is 20.0 Å². The minimum atomic E-state index is 0.767. The number of imidazole rings is 1. The molecule has 0 bridgehead atoms. The summed E-state index contributed by atoms with van der Waals surface area (Å²) >= 11 is 3.47. The molecule has 0 radical (unpaired) electrons. The first kappa shape index (κ1) is 12.9. The maximum Gasteiger partial charge on any atom is 0.105 e. The van der Waals surface area contributed by atoms with Gasteiger partial charge in [-0.05, 0) is 24.6 Å². The lowest BCUT2D eigenvalue weighted by Gasteiger charge is -2.39. The summed E-state index contributed by atoms with van der Waals surface area (Å²) in [5, 5.41) is 0. The van der Waals surface area contributed by atoms with E-state index in [0.29, 0.717) is 0 Å². The highest BCUT2D eigenvalue weighted by Gasteiger charge is 2.26. The summed E-state index contributed by atoms with van der Waals surface area (Å²) in [4.78, 5) is 6.77. The van der Waals surface area contributed by atoms with Crippen LogP contribution in [0.2, 0.25) is 0 Å². The molecule has 1 aliphatic rings. The van der Waals surface area contributed by atoms with Crippen molar-refractivity contribution in [3.05, 3.63) is 52.5 Å². The van der Waals surface area contributed by atoms with E-state index in [9.17, 15) is 0 Å². The standard InChI is InChI=1S/C15H18BrN3/c1-12-17-6-7-19(12)11-14-9-18(10-14)8-13-2-4-15(16)5-3-13/h2-7,14H,8-11H2,1H3. The molecular formula is C15H18BrN3. The molecule has 1 aromatic carbocycles. The Balaban J connectivity index is 1.48. The molecule has 0 amide bonds. The van der Waals surface area contributed by atoms with Crippen LogP contribution in [0.15, 0.2) is 41.1 Å². The molecule has 0 N–H and O–H groups in total. The number of aryl methyl sites for hydroxylation is 1. The van der Waals surface area contributed by atoms with Crippen molar-refractivity contribution in [2.24, 2.45) is 5.92 Å². The Morgan fingerprint density at radius 2 is 2.00 bits per heavy atom. The maximum absolute atomic E-state index is 4.27. The predicted molar refractivity (Wildman–Crippen MR) is 79.9 cm³/mol. The van der Waals surface area contributed by atoms with Gasteiger partial charge in [-0.25, -0.2) is 4.98 Å². The Morgan fingerprint density at radius 3 is 2.63 bits per heavy atom. The number of hydrogen-bond donors (Lipinski definition) is 0. The summed E-state index contributed by atoms with van der Waals surface area (Å²) in [5.41, 5.74) is 1.39. The molecule has 0 unspecified atom stereocenters. The number of nitrogens with zero attached hydrogens (tertiary/aromatic N) is 3. The largest absolute Gasteiger partial charge is 0.335 e. The summed E-state index contributed by atoms with van der Waals surface area (Å²) in [5.74, 6) is 1.88. The summed E-state index contributed by atoms with van der Waals surface area (Å²) in [6.45, 7) is 6.61. The van der Waals surface area contributed by atoms with E-state index >= 15 is 0 Å². The Hall–Kier alpha value is -1.13. The fraction of sp³-hybridized carbons (Fsp3) is 0.400. The highest BCUT2D eigenvalue weighted by Crippen LogP contribution is 2.21.